The van der Waals surface area contributed by atoms with E-state index in [2.05, 4.69) is 5.32 Å². The van der Waals surface area contributed by atoms with Crippen LogP contribution >= 0.6 is 0 Å². The molecular weight excluding hydrogens is 456 g/mol. The number of amides is 4. The van der Waals surface area contributed by atoms with Gasteiger partial charge in [0.2, 0.25) is 11.8 Å². The molecular formula is C27H26N6O3. The van der Waals surface area contributed by atoms with Gasteiger partial charge < -0.3 is 15.1 Å². The van der Waals surface area contributed by atoms with Crippen LogP contribution in [0.5, 0.6) is 0 Å². The molecule has 2 aliphatic heterocycles. The SMILES string of the molecule is N#CCN(C(=O)NCc1ccccc1)N1CC(=O)N2CC(=O)N(Cc3cccc4ccccc34)C[C@@H]21. The van der Waals surface area contributed by atoms with E-state index in [1.165, 1.54) is 9.91 Å². The number of carbonyl (C=O) groups is 3. The molecule has 9 heteroatoms. The summed E-state index contributed by atoms with van der Waals surface area (Å²) in [5, 5.41) is 17.3. The Morgan fingerprint density at radius 3 is 2.53 bits per heavy atom. The summed E-state index contributed by atoms with van der Waals surface area (Å²) in [6.45, 7) is 0.586. The third-order valence-corrected chi connectivity index (χ3v) is 6.66. The zero-order valence-electron chi connectivity index (χ0n) is 19.7. The van der Waals surface area contributed by atoms with Crippen LogP contribution in [0, 0.1) is 11.3 Å². The standard InChI is InChI=1S/C27H26N6O3/c28-13-14-32(27(36)29-15-20-7-2-1-3-8-20)33-19-26(35)31-18-25(34)30(17-24(31)33)16-22-11-6-10-21-9-4-5-12-23(21)22/h1-12,24H,14-19H2,(H,29,36)/t24-/m0/s1. The number of carbonyl (C=O) groups excluding carboxylic acids is 3. The van der Waals surface area contributed by atoms with E-state index in [9.17, 15) is 19.6 Å². The second kappa shape index (κ2) is 10.1. The van der Waals surface area contributed by atoms with Gasteiger partial charge in [-0.1, -0.05) is 72.8 Å². The number of piperazine rings is 1. The molecule has 0 aliphatic carbocycles. The number of fused-ring (bicyclic) bond motifs is 2. The Kier molecular flexibility index (Phi) is 6.52. The molecule has 0 aromatic heterocycles. The van der Waals surface area contributed by atoms with Crippen molar-refractivity contribution in [2.24, 2.45) is 0 Å². The molecule has 0 saturated carbocycles. The van der Waals surface area contributed by atoms with Gasteiger partial charge >= 0.3 is 6.03 Å². The van der Waals surface area contributed by atoms with Gasteiger partial charge in [-0.15, -0.1) is 0 Å². The molecule has 182 valence electrons. The average Bonchev–Trinajstić information content (AvgIpc) is 3.21. The number of nitrogens with one attached hydrogen (secondary N) is 1. The Balaban J connectivity index is 1.35. The van der Waals surface area contributed by atoms with Crippen molar-refractivity contribution >= 4 is 28.6 Å². The molecule has 2 heterocycles. The van der Waals surface area contributed by atoms with Crippen molar-refractivity contribution in [1.29, 1.82) is 5.26 Å². The van der Waals surface area contributed by atoms with E-state index in [-0.39, 0.29) is 38.0 Å². The average molecular weight is 483 g/mol. The molecule has 3 aromatic carbocycles. The number of rotatable bonds is 6. The molecule has 0 spiro atoms. The highest BCUT2D eigenvalue weighted by atomic mass is 16.2. The number of hydrazine groups is 1. The van der Waals surface area contributed by atoms with Crippen LogP contribution in [0.2, 0.25) is 0 Å². The van der Waals surface area contributed by atoms with Gasteiger partial charge in [0, 0.05) is 13.1 Å². The topological polar surface area (TPSA) is 100.0 Å². The highest BCUT2D eigenvalue weighted by molar-refractivity contribution is 5.90. The highest BCUT2D eigenvalue weighted by Crippen LogP contribution is 2.26. The van der Waals surface area contributed by atoms with Crippen molar-refractivity contribution in [3.8, 4) is 6.07 Å². The normalized spacial score (nSPS) is 17.7. The Morgan fingerprint density at radius 1 is 0.972 bits per heavy atom. The van der Waals surface area contributed by atoms with Gasteiger partial charge in [-0.3, -0.25) is 9.59 Å². The van der Waals surface area contributed by atoms with E-state index in [0.29, 0.717) is 13.1 Å². The molecule has 2 saturated heterocycles. The third kappa shape index (κ3) is 4.59. The minimum Gasteiger partial charge on any atom is -0.333 e. The summed E-state index contributed by atoms with van der Waals surface area (Å²) in [6, 6.07) is 25.0. The molecule has 0 bridgehead atoms. The monoisotopic (exact) mass is 482 g/mol. The number of urea groups is 1. The van der Waals surface area contributed by atoms with Gasteiger partial charge in [0.05, 0.1) is 19.2 Å². The van der Waals surface area contributed by atoms with Crippen LogP contribution in [0.4, 0.5) is 4.79 Å². The zero-order chi connectivity index (χ0) is 25.1. The molecule has 4 amide bonds. The first-order valence-electron chi connectivity index (χ1n) is 11.8. The molecule has 1 atom stereocenters. The van der Waals surface area contributed by atoms with Gasteiger partial charge in [-0.25, -0.2) is 9.80 Å². The maximum atomic E-state index is 13.1. The van der Waals surface area contributed by atoms with Crippen LogP contribution in [-0.4, -0.2) is 70.0 Å². The van der Waals surface area contributed by atoms with Gasteiger partial charge in [0.25, 0.3) is 0 Å². The van der Waals surface area contributed by atoms with Crippen molar-refractivity contribution in [2.75, 3.05) is 26.2 Å². The zero-order valence-corrected chi connectivity index (χ0v) is 19.7. The minimum atomic E-state index is -0.527. The predicted octanol–water partition coefficient (Wildman–Crippen LogP) is 2.30. The van der Waals surface area contributed by atoms with Crippen molar-refractivity contribution in [2.45, 2.75) is 19.3 Å². The highest BCUT2D eigenvalue weighted by Gasteiger charge is 2.47. The smallest absolute Gasteiger partial charge is 0.333 e. The predicted molar refractivity (Wildman–Crippen MR) is 133 cm³/mol. The molecule has 2 aliphatic rings. The first kappa shape index (κ1) is 23.3. The second-order valence-corrected chi connectivity index (χ2v) is 8.87. The van der Waals surface area contributed by atoms with Crippen molar-refractivity contribution in [3.63, 3.8) is 0 Å². The first-order valence-corrected chi connectivity index (χ1v) is 11.8. The lowest BCUT2D eigenvalue weighted by Gasteiger charge is -2.42. The second-order valence-electron chi connectivity index (χ2n) is 8.87. The Hall–Kier alpha value is -4.42. The third-order valence-electron chi connectivity index (χ3n) is 6.66. The number of benzene rings is 3. The van der Waals surface area contributed by atoms with Crippen LogP contribution in [-0.2, 0) is 22.7 Å². The van der Waals surface area contributed by atoms with Gasteiger partial charge in [-0.2, -0.15) is 10.3 Å². The molecule has 3 aromatic rings. The van der Waals surface area contributed by atoms with Crippen LogP contribution < -0.4 is 5.32 Å². The van der Waals surface area contributed by atoms with Crippen LogP contribution in [0.3, 0.4) is 0 Å². The van der Waals surface area contributed by atoms with E-state index < -0.39 is 12.2 Å². The first-order chi connectivity index (χ1) is 17.5. The fourth-order valence-corrected chi connectivity index (χ4v) is 4.84. The largest absolute Gasteiger partial charge is 0.333 e. The summed E-state index contributed by atoms with van der Waals surface area (Å²) >= 11 is 0. The van der Waals surface area contributed by atoms with E-state index in [1.807, 2.05) is 78.9 Å². The maximum Gasteiger partial charge on any atom is 0.333 e. The van der Waals surface area contributed by atoms with E-state index >= 15 is 0 Å². The van der Waals surface area contributed by atoms with Crippen LogP contribution in [0.1, 0.15) is 11.1 Å². The molecule has 5 rings (SSSR count). The fourth-order valence-electron chi connectivity index (χ4n) is 4.84. The molecule has 0 radical (unpaired) electrons. The lowest BCUT2D eigenvalue weighted by atomic mass is 10.0. The van der Waals surface area contributed by atoms with E-state index in [1.54, 1.807) is 9.91 Å². The Morgan fingerprint density at radius 2 is 1.72 bits per heavy atom. The van der Waals surface area contributed by atoms with Crippen LogP contribution in [0.15, 0.2) is 72.8 Å². The minimum absolute atomic E-state index is 0.0587. The number of nitriles is 1. The molecule has 36 heavy (non-hydrogen) atoms. The van der Waals surface area contributed by atoms with E-state index in [0.717, 1.165) is 21.9 Å². The van der Waals surface area contributed by atoms with Crippen molar-refractivity contribution in [1.82, 2.24) is 25.1 Å². The van der Waals surface area contributed by atoms with Gasteiger partial charge in [0.15, 0.2) is 0 Å². The Labute approximate surface area is 209 Å². The molecule has 9 nitrogen and oxygen atoms in total. The molecule has 1 N–H and O–H groups in total. The Bertz CT molecular complexity index is 1330. The summed E-state index contributed by atoms with van der Waals surface area (Å²) in [5.41, 5.74) is 1.94. The summed E-state index contributed by atoms with van der Waals surface area (Å²) in [6.07, 6.45) is -0.527. The number of hydrogen-bond acceptors (Lipinski definition) is 5. The quantitative estimate of drug-likeness (QED) is 0.544. The lowest BCUT2D eigenvalue weighted by molar-refractivity contribution is -0.149. The van der Waals surface area contributed by atoms with Crippen molar-refractivity contribution < 1.29 is 14.4 Å². The van der Waals surface area contributed by atoms with Crippen molar-refractivity contribution in [3.05, 3.63) is 83.9 Å². The number of hydrogen-bond donors (Lipinski definition) is 1. The summed E-state index contributed by atoms with van der Waals surface area (Å²) < 4.78 is 0. The number of nitrogens with zero attached hydrogens (tertiary/aromatic N) is 5. The maximum absolute atomic E-state index is 13.1. The van der Waals surface area contributed by atoms with Crippen LogP contribution in [0.25, 0.3) is 10.8 Å². The lowest BCUT2D eigenvalue weighted by Crippen LogP contribution is -2.62. The fraction of sp³-hybridized carbons (Fsp3) is 0.259. The van der Waals surface area contributed by atoms with Gasteiger partial charge in [-0.05, 0) is 21.9 Å². The van der Waals surface area contributed by atoms with Gasteiger partial charge in [0.1, 0.15) is 19.3 Å². The summed E-state index contributed by atoms with van der Waals surface area (Å²) in [4.78, 5) is 42.1. The summed E-state index contributed by atoms with van der Waals surface area (Å²) in [7, 11) is 0. The molecule has 0 unspecified atom stereocenters. The summed E-state index contributed by atoms with van der Waals surface area (Å²) in [5.74, 6) is -0.383. The van der Waals surface area contributed by atoms with E-state index in [4.69, 9.17) is 0 Å². The molecule has 2 fully saturated rings.